The molecule has 90 valence electrons. The predicted octanol–water partition coefficient (Wildman–Crippen LogP) is 2.53. The quantitative estimate of drug-likeness (QED) is 0.845. The molecular weight excluding hydrogens is 210 g/mol. The zero-order valence-corrected chi connectivity index (χ0v) is 10.6. The summed E-state index contributed by atoms with van der Waals surface area (Å²) in [4.78, 5) is 7.47. The van der Waals surface area contributed by atoms with Gasteiger partial charge in [-0.25, -0.2) is 4.98 Å². The number of H-pyrrole nitrogens is 1. The fourth-order valence-electron chi connectivity index (χ4n) is 2.23. The molecule has 1 atom stereocenters. The molecule has 1 aromatic heterocycles. The van der Waals surface area contributed by atoms with Crippen LogP contribution in [-0.4, -0.2) is 17.0 Å². The Labute approximate surface area is 102 Å². The van der Waals surface area contributed by atoms with Gasteiger partial charge in [0.15, 0.2) is 0 Å². The van der Waals surface area contributed by atoms with Crippen molar-refractivity contribution in [3.63, 3.8) is 0 Å². The number of likely N-dealkylation sites (N-methyl/N-ethyl adjacent to an activating group) is 1. The molecule has 2 aromatic rings. The summed E-state index contributed by atoms with van der Waals surface area (Å²) in [5, 5.41) is 3.30. The van der Waals surface area contributed by atoms with E-state index in [-0.39, 0.29) is 6.04 Å². The summed E-state index contributed by atoms with van der Waals surface area (Å²) in [6, 6.07) is 6.91. The molecule has 0 aliphatic carbocycles. The Morgan fingerprint density at radius 2 is 1.94 bits per heavy atom. The minimum atomic E-state index is 0.242. The van der Waals surface area contributed by atoms with Crippen molar-refractivity contribution in [3.8, 4) is 0 Å². The van der Waals surface area contributed by atoms with Gasteiger partial charge >= 0.3 is 0 Å². The van der Waals surface area contributed by atoms with Crippen molar-refractivity contribution in [2.24, 2.45) is 0 Å². The van der Waals surface area contributed by atoms with Gasteiger partial charge in [0, 0.05) is 12.4 Å². The molecule has 1 unspecified atom stereocenters. The van der Waals surface area contributed by atoms with Gasteiger partial charge in [-0.05, 0) is 32.9 Å². The lowest BCUT2D eigenvalue weighted by Crippen LogP contribution is -2.20. The number of aromatic nitrogens is 2. The van der Waals surface area contributed by atoms with Crippen molar-refractivity contribution in [2.75, 3.05) is 7.05 Å². The molecule has 0 fully saturated rings. The van der Waals surface area contributed by atoms with E-state index in [4.69, 9.17) is 0 Å². The highest BCUT2D eigenvalue weighted by atomic mass is 15.0. The second-order valence-electron chi connectivity index (χ2n) is 4.52. The summed E-state index contributed by atoms with van der Waals surface area (Å²) >= 11 is 0. The second-order valence-corrected chi connectivity index (χ2v) is 4.52. The van der Waals surface area contributed by atoms with E-state index in [1.54, 1.807) is 6.20 Å². The minimum Gasteiger partial charge on any atom is -0.347 e. The Bertz CT molecular complexity index is 454. The molecule has 0 bridgehead atoms. The predicted molar refractivity (Wildman–Crippen MR) is 70.0 cm³/mol. The maximum absolute atomic E-state index is 4.31. The van der Waals surface area contributed by atoms with E-state index in [1.165, 1.54) is 16.7 Å². The van der Waals surface area contributed by atoms with E-state index in [1.807, 2.05) is 13.2 Å². The van der Waals surface area contributed by atoms with Crippen molar-refractivity contribution in [1.82, 2.24) is 15.3 Å². The lowest BCUT2D eigenvalue weighted by Gasteiger charge is -2.14. The topological polar surface area (TPSA) is 40.7 Å². The number of aryl methyl sites for hydroxylation is 2. The maximum atomic E-state index is 4.31. The molecule has 0 amide bonds. The number of hydrogen-bond donors (Lipinski definition) is 2. The Morgan fingerprint density at radius 1 is 1.24 bits per heavy atom. The average molecular weight is 229 g/mol. The molecule has 2 N–H and O–H groups in total. The Hall–Kier alpha value is -1.61. The van der Waals surface area contributed by atoms with Gasteiger partial charge in [-0.15, -0.1) is 0 Å². The third-order valence-corrected chi connectivity index (χ3v) is 2.92. The van der Waals surface area contributed by atoms with Crippen LogP contribution in [0.3, 0.4) is 0 Å². The van der Waals surface area contributed by atoms with Gasteiger partial charge in [0.25, 0.3) is 0 Å². The number of rotatable bonds is 4. The van der Waals surface area contributed by atoms with Crippen LogP contribution in [0.4, 0.5) is 0 Å². The van der Waals surface area contributed by atoms with Crippen LogP contribution in [-0.2, 0) is 6.42 Å². The number of imidazole rings is 1. The lowest BCUT2D eigenvalue weighted by atomic mass is 10.0. The first-order chi connectivity index (χ1) is 8.19. The first kappa shape index (κ1) is 11.9. The summed E-state index contributed by atoms with van der Waals surface area (Å²) in [5.74, 6) is 0.992. The summed E-state index contributed by atoms with van der Waals surface area (Å²) in [6.07, 6.45) is 4.61. The average Bonchev–Trinajstić information content (AvgIpc) is 2.77. The van der Waals surface area contributed by atoms with E-state index in [0.29, 0.717) is 0 Å². The van der Waals surface area contributed by atoms with Crippen LogP contribution in [0.1, 0.15) is 28.6 Å². The normalized spacial score (nSPS) is 12.6. The first-order valence-electron chi connectivity index (χ1n) is 5.93. The molecule has 1 heterocycles. The lowest BCUT2D eigenvalue weighted by molar-refractivity contribution is 0.563. The summed E-state index contributed by atoms with van der Waals surface area (Å²) in [7, 11) is 1.97. The molecule has 0 aliphatic rings. The monoisotopic (exact) mass is 229 g/mol. The van der Waals surface area contributed by atoms with Gasteiger partial charge in [0.05, 0.1) is 6.04 Å². The van der Waals surface area contributed by atoms with E-state index >= 15 is 0 Å². The molecule has 3 heteroatoms. The van der Waals surface area contributed by atoms with Crippen molar-refractivity contribution in [2.45, 2.75) is 26.3 Å². The minimum absolute atomic E-state index is 0.242. The van der Waals surface area contributed by atoms with Gasteiger partial charge < -0.3 is 10.3 Å². The molecule has 0 spiro atoms. The first-order valence-corrected chi connectivity index (χ1v) is 5.93. The fourth-order valence-corrected chi connectivity index (χ4v) is 2.23. The van der Waals surface area contributed by atoms with Crippen LogP contribution >= 0.6 is 0 Å². The molecule has 0 saturated heterocycles. The number of nitrogens with one attached hydrogen (secondary N) is 2. The highest BCUT2D eigenvalue weighted by Gasteiger charge is 2.12. The van der Waals surface area contributed by atoms with Gasteiger partial charge in [-0.1, -0.05) is 29.3 Å². The standard InChI is InChI=1S/C14H19N3/c1-10-6-11(2)8-12(7-10)9-13(15-3)14-16-4-5-17-14/h4-8,13,15H,9H2,1-3H3,(H,16,17). The third-order valence-electron chi connectivity index (χ3n) is 2.92. The van der Waals surface area contributed by atoms with Crippen LogP contribution in [0.2, 0.25) is 0 Å². The smallest absolute Gasteiger partial charge is 0.123 e. The largest absolute Gasteiger partial charge is 0.347 e. The molecule has 2 rings (SSSR count). The molecular formula is C14H19N3. The van der Waals surface area contributed by atoms with Crippen LogP contribution in [0.5, 0.6) is 0 Å². The highest BCUT2D eigenvalue weighted by molar-refractivity contribution is 5.29. The van der Waals surface area contributed by atoms with E-state index < -0.39 is 0 Å². The van der Waals surface area contributed by atoms with Crippen molar-refractivity contribution in [1.29, 1.82) is 0 Å². The van der Waals surface area contributed by atoms with E-state index in [9.17, 15) is 0 Å². The van der Waals surface area contributed by atoms with Gasteiger partial charge in [0.2, 0.25) is 0 Å². The van der Waals surface area contributed by atoms with Crippen molar-refractivity contribution >= 4 is 0 Å². The van der Waals surface area contributed by atoms with Gasteiger partial charge in [0.1, 0.15) is 5.82 Å². The zero-order valence-electron chi connectivity index (χ0n) is 10.6. The zero-order chi connectivity index (χ0) is 12.3. The number of aromatic amines is 1. The maximum Gasteiger partial charge on any atom is 0.123 e. The van der Waals surface area contributed by atoms with E-state index in [0.717, 1.165) is 12.2 Å². The van der Waals surface area contributed by atoms with Crippen LogP contribution in [0.25, 0.3) is 0 Å². The molecule has 0 saturated carbocycles. The molecule has 0 aliphatic heterocycles. The molecule has 0 radical (unpaired) electrons. The molecule has 1 aromatic carbocycles. The van der Waals surface area contributed by atoms with Gasteiger partial charge in [-0.2, -0.15) is 0 Å². The fraction of sp³-hybridized carbons (Fsp3) is 0.357. The second kappa shape index (κ2) is 5.15. The Kier molecular flexibility index (Phi) is 3.59. The number of hydrogen-bond acceptors (Lipinski definition) is 2. The SMILES string of the molecule is CNC(Cc1cc(C)cc(C)c1)c1ncc[nH]1. The summed E-state index contributed by atoms with van der Waals surface area (Å²) in [6.45, 7) is 4.27. The summed E-state index contributed by atoms with van der Waals surface area (Å²) in [5.41, 5.74) is 3.97. The number of nitrogens with zero attached hydrogens (tertiary/aromatic N) is 1. The highest BCUT2D eigenvalue weighted by Crippen LogP contribution is 2.17. The van der Waals surface area contributed by atoms with Crippen LogP contribution < -0.4 is 5.32 Å². The van der Waals surface area contributed by atoms with Crippen molar-refractivity contribution < 1.29 is 0 Å². The Morgan fingerprint density at radius 3 is 2.47 bits per heavy atom. The van der Waals surface area contributed by atoms with Gasteiger partial charge in [-0.3, -0.25) is 0 Å². The van der Waals surface area contributed by atoms with Crippen LogP contribution in [0, 0.1) is 13.8 Å². The molecule has 3 nitrogen and oxygen atoms in total. The Balaban J connectivity index is 2.18. The number of benzene rings is 1. The third kappa shape index (κ3) is 2.94. The van der Waals surface area contributed by atoms with Crippen LogP contribution in [0.15, 0.2) is 30.6 Å². The van der Waals surface area contributed by atoms with Crippen molar-refractivity contribution in [3.05, 3.63) is 53.1 Å². The van der Waals surface area contributed by atoms with E-state index in [2.05, 4.69) is 47.3 Å². The molecule has 17 heavy (non-hydrogen) atoms. The summed E-state index contributed by atoms with van der Waals surface area (Å²) < 4.78 is 0.